The summed E-state index contributed by atoms with van der Waals surface area (Å²) in [5.74, 6) is -0.865. The number of rotatable bonds is 4. The van der Waals surface area contributed by atoms with Gasteiger partial charge in [0.05, 0.1) is 6.54 Å². The molecule has 20 heavy (non-hydrogen) atoms. The maximum Gasteiger partial charge on any atom is 0.573 e. The average Bonchev–Trinajstić information content (AvgIpc) is 2.34. The van der Waals surface area contributed by atoms with Gasteiger partial charge in [-0.15, -0.1) is 13.2 Å². The summed E-state index contributed by atoms with van der Waals surface area (Å²) < 4.78 is 39.8. The van der Waals surface area contributed by atoms with E-state index in [-0.39, 0.29) is 12.2 Å². The fourth-order valence-electron chi connectivity index (χ4n) is 1.20. The minimum atomic E-state index is -4.81. The van der Waals surface area contributed by atoms with Crippen molar-refractivity contribution >= 4 is 17.6 Å². The van der Waals surface area contributed by atoms with Crippen molar-refractivity contribution in [3.05, 3.63) is 24.3 Å². The van der Waals surface area contributed by atoms with Crippen molar-refractivity contribution < 1.29 is 27.5 Å². The molecule has 0 aromatic heterocycles. The number of hydrogen-bond acceptors (Lipinski definition) is 3. The van der Waals surface area contributed by atoms with Crippen molar-refractivity contribution in [3.8, 4) is 5.75 Å². The van der Waals surface area contributed by atoms with E-state index in [0.717, 1.165) is 12.1 Å². The van der Waals surface area contributed by atoms with Crippen molar-refractivity contribution in [1.29, 1.82) is 0 Å². The molecule has 0 fully saturated rings. The van der Waals surface area contributed by atoms with Gasteiger partial charge in [-0.3, -0.25) is 4.79 Å². The van der Waals surface area contributed by atoms with Gasteiger partial charge in [0.1, 0.15) is 5.75 Å². The van der Waals surface area contributed by atoms with E-state index in [2.05, 4.69) is 20.7 Å². The fraction of sp³-hybridized carbons (Fsp3) is 0.273. The molecule has 0 heterocycles. The van der Waals surface area contributed by atoms with Gasteiger partial charge in [0, 0.05) is 18.8 Å². The molecule has 0 aliphatic carbocycles. The molecule has 9 heteroatoms. The number of alkyl halides is 3. The van der Waals surface area contributed by atoms with Crippen LogP contribution in [0.4, 0.5) is 23.7 Å². The Kier molecular flexibility index (Phi) is 5.18. The molecule has 0 unspecified atom stereocenters. The van der Waals surface area contributed by atoms with Crippen LogP contribution in [0.5, 0.6) is 5.75 Å². The number of nitrogens with one attached hydrogen (secondary N) is 3. The number of ether oxygens (including phenoxy) is 1. The predicted octanol–water partition coefficient (Wildman–Crippen LogP) is 1.45. The van der Waals surface area contributed by atoms with E-state index in [1.807, 2.05) is 0 Å². The van der Waals surface area contributed by atoms with Crippen LogP contribution in [0.25, 0.3) is 0 Å². The molecular formula is C11H12F3N3O3. The molecule has 0 atom stereocenters. The summed E-state index contributed by atoms with van der Waals surface area (Å²) in [5, 5.41) is 6.79. The van der Waals surface area contributed by atoms with Crippen molar-refractivity contribution in [2.24, 2.45) is 0 Å². The van der Waals surface area contributed by atoms with Gasteiger partial charge in [0.25, 0.3) is 0 Å². The highest BCUT2D eigenvalue weighted by atomic mass is 19.4. The Labute approximate surface area is 112 Å². The first-order chi connectivity index (χ1) is 9.30. The lowest BCUT2D eigenvalue weighted by Gasteiger charge is -2.11. The van der Waals surface area contributed by atoms with Gasteiger partial charge in [0.2, 0.25) is 5.91 Å². The van der Waals surface area contributed by atoms with Crippen LogP contribution in [-0.4, -0.2) is 31.9 Å². The van der Waals surface area contributed by atoms with Gasteiger partial charge >= 0.3 is 12.4 Å². The number of amides is 3. The van der Waals surface area contributed by atoms with Gasteiger partial charge in [-0.2, -0.15) is 0 Å². The van der Waals surface area contributed by atoms with Gasteiger partial charge in [-0.1, -0.05) is 6.07 Å². The lowest BCUT2D eigenvalue weighted by atomic mass is 10.3. The number of urea groups is 1. The van der Waals surface area contributed by atoms with E-state index in [1.54, 1.807) is 0 Å². The maximum absolute atomic E-state index is 12.0. The Balaban J connectivity index is 2.57. The van der Waals surface area contributed by atoms with Crippen LogP contribution in [0, 0.1) is 0 Å². The lowest BCUT2D eigenvalue weighted by molar-refractivity contribution is -0.274. The number of carbonyl (C=O) groups is 2. The van der Waals surface area contributed by atoms with Crippen LogP contribution >= 0.6 is 0 Å². The van der Waals surface area contributed by atoms with E-state index in [0.29, 0.717) is 0 Å². The Morgan fingerprint density at radius 2 is 2.00 bits per heavy atom. The first-order valence-electron chi connectivity index (χ1n) is 5.41. The molecule has 1 rings (SSSR count). The van der Waals surface area contributed by atoms with Crippen molar-refractivity contribution in [2.75, 3.05) is 18.9 Å². The summed E-state index contributed by atoms with van der Waals surface area (Å²) in [7, 11) is 1.40. The third kappa shape index (κ3) is 5.94. The lowest BCUT2D eigenvalue weighted by Crippen LogP contribution is -2.37. The SMILES string of the molecule is CNC(=O)CNC(=O)Nc1cccc(OC(F)(F)F)c1. The molecule has 0 radical (unpaired) electrons. The van der Waals surface area contributed by atoms with Gasteiger partial charge < -0.3 is 20.7 Å². The number of carbonyl (C=O) groups excluding carboxylic acids is 2. The van der Waals surface area contributed by atoms with E-state index in [1.165, 1.54) is 19.2 Å². The van der Waals surface area contributed by atoms with E-state index >= 15 is 0 Å². The zero-order valence-corrected chi connectivity index (χ0v) is 10.4. The Morgan fingerprint density at radius 3 is 2.60 bits per heavy atom. The summed E-state index contributed by atoms with van der Waals surface area (Å²) in [6, 6.07) is 4.05. The quantitative estimate of drug-likeness (QED) is 0.785. The van der Waals surface area contributed by atoms with E-state index in [9.17, 15) is 22.8 Å². The maximum atomic E-state index is 12.0. The molecule has 1 aromatic carbocycles. The smallest absolute Gasteiger partial charge is 0.406 e. The topological polar surface area (TPSA) is 79.5 Å². The van der Waals surface area contributed by atoms with Gasteiger partial charge in [0.15, 0.2) is 0 Å². The third-order valence-electron chi connectivity index (χ3n) is 2.01. The van der Waals surface area contributed by atoms with Crippen LogP contribution in [0.1, 0.15) is 0 Å². The minimum absolute atomic E-state index is 0.0983. The van der Waals surface area contributed by atoms with E-state index < -0.39 is 24.1 Å². The molecule has 0 aliphatic heterocycles. The molecule has 0 aliphatic rings. The number of anilines is 1. The highest BCUT2D eigenvalue weighted by Crippen LogP contribution is 2.24. The van der Waals surface area contributed by atoms with Gasteiger partial charge in [-0.05, 0) is 12.1 Å². The number of halogens is 3. The molecule has 3 N–H and O–H groups in total. The molecule has 110 valence electrons. The van der Waals surface area contributed by atoms with Crippen LogP contribution in [0.2, 0.25) is 0 Å². The third-order valence-corrected chi connectivity index (χ3v) is 2.01. The second kappa shape index (κ2) is 6.64. The summed E-state index contributed by atoms with van der Waals surface area (Å²) in [6.07, 6.45) is -4.81. The van der Waals surface area contributed by atoms with Crippen LogP contribution in [-0.2, 0) is 4.79 Å². The molecule has 0 bridgehead atoms. The molecule has 0 spiro atoms. The second-order valence-corrected chi connectivity index (χ2v) is 3.56. The average molecular weight is 291 g/mol. The van der Waals surface area contributed by atoms with E-state index in [4.69, 9.17) is 0 Å². The molecule has 6 nitrogen and oxygen atoms in total. The standard InChI is InChI=1S/C11H12F3N3O3/c1-15-9(18)6-16-10(19)17-7-3-2-4-8(5-7)20-11(12,13)14/h2-5H,6H2,1H3,(H,15,18)(H2,16,17,19). The number of hydrogen-bond donors (Lipinski definition) is 3. The highest BCUT2D eigenvalue weighted by molar-refractivity contribution is 5.92. The molecule has 0 saturated carbocycles. The van der Waals surface area contributed by atoms with Gasteiger partial charge in [-0.25, -0.2) is 4.79 Å². The second-order valence-electron chi connectivity index (χ2n) is 3.56. The molecule has 1 aromatic rings. The molecule has 3 amide bonds. The van der Waals surface area contributed by atoms with Crippen molar-refractivity contribution in [2.45, 2.75) is 6.36 Å². The highest BCUT2D eigenvalue weighted by Gasteiger charge is 2.31. The summed E-state index contributed by atoms with van der Waals surface area (Å²) in [5.41, 5.74) is 0.0983. The van der Waals surface area contributed by atoms with Crippen LogP contribution in [0.3, 0.4) is 0 Å². The fourth-order valence-corrected chi connectivity index (χ4v) is 1.20. The largest absolute Gasteiger partial charge is 0.573 e. The summed E-state index contributed by atoms with van der Waals surface area (Å²) >= 11 is 0. The normalized spacial score (nSPS) is 10.6. The predicted molar refractivity (Wildman–Crippen MR) is 64.2 cm³/mol. The monoisotopic (exact) mass is 291 g/mol. The summed E-state index contributed by atoms with van der Waals surface area (Å²) in [6.45, 7) is -0.249. The number of likely N-dealkylation sites (N-methyl/N-ethyl adjacent to an activating group) is 1. The Morgan fingerprint density at radius 1 is 1.30 bits per heavy atom. The zero-order chi connectivity index (χ0) is 15.2. The van der Waals surface area contributed by atoms with Crippen molar-refractivity contribution in [1.82, 2.24) is 10.6 Å². The Hall–Kier alpha value is -2.45. The Bertz CT molecular complexity index is 491. The van der Waals surface area contributed by atoms with Crippen molar-refractivity contribution in [3.63, 3.8) is 0 Å². The minimum Gasteiger partial charge on any atom is -0.406 e. The first kappa shape index (κ1) is 15.6. The van der Waals surface area contributed by atoms with Crippen LogP contribution in [0.15, 0.2) is 24.3 Å². The zero-order valence-electron chi connectivity index (χ0n) is 10.4. The summed E-state index contributed by atoms with van der Waals surface area (Å²) in [4.78, 5) is 22.2. The number of benzene rings is 1. The molecule has 0 saturated heterocycles. The molecular weight excluding hydrogens is 279 g/mol. The van der Waals surface area contributed by atoms with Crippen LogP contribution < -0.4 is 20.7 Å². The first-order valence-corrected chi connectivity index (χ1v) is 5.41.